The largest absolute Gasteiger partial charge is 0.471 e. The van der Waals surface area contributed by atoms with Crippen LogP contribution in [0.1, 0.15) is 11.5 Å². The lowest BCUT2D eigenvalue weighted by Crippen LogP contribution is -2.34. The molecule has 1 aromatic heterocycles. The zero-order chi connectivity index (χ0) is 17.0. The summed E-state index contributed by atoms with van der Waals surface area (Å²) in [5.41, 5.74) is 6.29. The van der Waals surface area contributed by atoms with E-state index in [4.69, 9.17) is 10.6 Å². The fourth-order valence-corrected chi connectivity index (χ4v) is 1.74. The second-order valence-electron chi connectivity index (χ2n) is 4.43. The van der Waals surface area contributed by atoms with E-state index in [1.54, 1.807) is 12.1 Å². The number of carbonyl (C=O) groups is 1. The number of hydroxylamine groups is 2. The van der Waals surface area contributed by atoms with E-state index in [1.165, 1.54) is 19.2 Å². The zero-order valence-electron chi connectivity index (χ0n) is 12.0. The average Bonchev–Trinajstić information content (AvgIpc) is 3.02. The van der Waals surface area contributed by atoms with Crippen LogP contribution in [0.5, 0.6) is 0 Å². The van der Waals surface area contributed by atoms with Gasteiger partial charge in [-0.3, -0.25) is 9.63 Å². The molecular formula is C13H13F3N4O3. The molecule has 0 aliphatic heterocycles. The molecule has 10 heteroatoms. The first-order valence-corrected chi connectivity index (χ1v) is 6.40. The molecule has 0 bridgehead atoms. The zero-order valence-corrected chi connectivity index (χ0v) is 12.0. The summed E-state index contributed by atoms with van der Waals surface area (Å²) in [5, 5.41) is 4.36. The van der Waals surface area contributed by atoms with Crippen LogP contribution < -0.4 is 5.73 Å². The van der Waals surface area contributed by atoms with Crippen LogP contribution in [0.25, 0.3) is 11.4 Å². The normalized spacial score (nSPS) is 11.5. The number of hydrogen-bond acceptors (Lipinski definition) is 6. The summed E-state index contributed by atoms with van der Waals surface area (Å²) in [4.78, 5) is 19.7. The van der Waals surface area contributed by atoms with E-state index < -0.39 is 18.0 Å². The minimum Gasteiger partial charge on any atom is -0.329 e. The fraction of sp³-hybridized carbons (Fsp3) is 0.308. The van der Waals surface area contributed by atoms with Gasteiger partial charge in [0.2, 0.25) is 5.82 Å². The Kier molecular flexibility index (Phi) is 4.96. The molecule has 0 spiro atoms. The molecule has 0 aliphatic carbocycles. The molecule has 0 aliphatic rings. The van der Waals surface area contributed by atoms with Gasteiger partial charge >= 0.3 is 12.1 Å². The van der Waals surface area contributed by atoms with E-state index in [9.17, 15) is 18.0 Å². The van der Waals surface area contributed by atoms with Crippen LogP contribution >= 0.6 is 0 Å². The van der Waals surface area contributed by atoms with E-state index >= 15 is 0 Å². The third-order valence-electron chi connectivity index (χ3n) is 2.88. The van der Waals surface area contributed by atoms with Crippen LogP contribution in [0.2, 0.25) is 0 Å². The predicted octanol–water partition coefficient (Wildman–Crippen LogP) is 1.60. The fourth-order valence-electron chi connectivity index (χ4n) is 1.74. The van der Waals surface area contributed by atoms with Crippen LogP contribution in [-0.4, -0.2) is 34.8 Å². The van der Waals surface area contributed by atoms with Crippen LogP contribution in [-0.2, 0) is 22.4 Å². The summed E-state index contributed by atoms with van der Waals surface area (Å²) in [7, 11) is 1.33. The predicted molar refractivity (Wildman–Crippen MR) is 71.3 cm³/mol. The number of alkyl halides is 3. The number of aromatic nitrogens is 2. The van der Waals surface area contributed by atoms with Crippen molar-refractivity contribution >= 4 is 5.91 Å². The molecular weight excluding hydrogens is 317 g/mol. The quantitative estimate of drug-likeness (QED) is 0.837. The summed E-state index contributed by atoms with van der Waals surface area (Å²) < 4.78 is 41.4. The molecule has 0 saturated heterocycles. The molecule has 2 aromatic rings. The number of nitrogens with zero attached hydrogens (tertiary/aromatic N) is 3. The van der Waals surface area contributed by atoms with E-state index in [2.05, 4.69) is 14.7 Å². The van der Waals surface area contributed by atoms with Gasteiger partial charge in [0.1, 0.15) is 0 Å². The number of carbonyl (C=O) groups excluding carboxylic acids is 1. The molecule has 0 atom stereocenters. The second kappa shape index (κ2) is 6.75. The van der Waals surface area contributed by atoms with Crippen molar-refractivity contribution in [3.8, 4) is 11.4 Å². The maximum absolute atomic E-state index is 12.4. The Bertz CT molecular complexity index is 670. The lowest BCUT2D eigenvalue weighted by atomic mass is 10.1. The number of benzene rings is 1. The van der Waals surface area contributed by atoms with Crippen LogP contribution in [0.15, 0.2) is 28.8 Å². The third-order valence-corrected chi connectivity index (χ3v) is 2.88. The topological polar surface area (TPSA) is 94.5 Å². The van der Waals surface area contributed by atoms with Gasteiger partial charge in [0, 0.05) is 5.56 Å². The number of amides is 1. The highest BCUT2D eigenvalue weighted by atomic mass is 19.4. The van der Waals surface area contributed by atoms with Gasteiger partial charge in [-0.15, -0.1) is 0 Å². The smallest absolute Gasteiger partial charge is 0.329 e. The Morgan fingerprint density at radius 3 is 2.48 bits per heavy atom. The minimum atomic E-state index is -4.69. The van der Waals surface area contributed by atoms with Crippen molar-refractivity contribution in [2.24, 2.45) is 5.73 Å². The van der Waals surface area contributed by atoms with Gasteiger partial charge in [-0.2, -0.15) is 18.2 Å². The lowest BCUT2D eigenvalue weighted by Gasteiger charge is -2.18. The first-order chi connectivity index (χ1) is 10.8. The molecule has 7 nitrogen and oxygen atoms in total. The standard InChI is InChI=1S/C13H13F3N4O3/c1-22-20(10(21)6-17)7-8-2-4-9(5-3-8)11-18-12(23-19-11)13(14,15)16/h2-5H,6-7,17H2,1H3. The van der Waals surface area contributed by atoms with E-state index in [0.717, 1.165) is 5.06 Å². The lowest BCUT2D eigenvalue weighted by molar-refractivity contribution is -0.177. The van der Waals surface area contributed by atoms with Gasteiger partial charge in [-0.1, -0.05) is 29.4 Å². The molecule has 2 rings (SSSR count). The maximum atomic E-state index is 12.4. The highest BCUT2D eigenvalue weighted by Crippen LogP contribution is 2.29. The molecule has 0 unspecified atom stereocenters. The molecule has 124 valence electrons. The molecule has 2 N–H and O–H groups in total. The number of halogens is 3. The van der Waals surface area contributed by atoms with Gasteiger partial charge in [0.25, 0.3) is 5.91 Å². The minimum absolute atomic E-state index is 0.146. The number of hydrogen-bond donors (Lipinski definition) is 1. The molecule has 1 aromatic carbocycles. The highest BCUT2D eigenvalue weighted by Gasteiger charge is 2.38. The van der Waals surface area contributed by atoms with Gasteiger partial charge in [-0.25, -0.2) is 5.06 Å². The van der Waals surface area contributed by atoms with Crippen molar-refractivity contribution in [2.45, 2.75) is 12.7 Å². The first kappa shape index (κ1) is 16.9. The van der Waals surface area contributed by atoms with Crippen molar-refractivity contribution in [1.29, 1.82) is 0 Å². The Hall–Kier alpha value is -2.46. The van der Waals surface area contributed by atoms with Gasteiger partial charge in [-0.05, 0) is 5.56 Å². The summed E-state index contributed by atoms with van der Waals surface area (Å²) >= 11 is 0. The molecule has 0 fully saturated rings. The van der Waals surface area contributed by atoms with Gasteiger partial charge in [0.05, 0.1) is 20.2 Å². The van der Waals surface area contributed by atoms with Crippen molar-refractivity contribution < 1.29 is 27.3 Å². The average molecular weight is 330 g/mol. The van der Waals surface area contributed by atoms with E-state index in [1.807, 2.05) is 0 Å². The molecule has 0 saturated carbocycles. The Balaban J connectivity index is 2.13. The summed E-state index contributed by atoms with van der Waals surface area (Å²) in [6.45, 7) is -0.0537. The number of rotatable bonds is 5. The summed E-state index contributed by atoms with van der Waals surface area (Å²) in [6.07, 6.45) is -4.69. The highest BCUT2D eigenvalue weighted by molar-refractivity contribution is 5.76. The van der Waals surface area contributed by atoms with E-state index in [-0.39, 0.29) is 18.9 Å². The Morgan fingerprint density at radius 2 is 2.00 bits per heavy atom. The third kappa shape index (κ3) is 4.05. The van der Waals surface area contributed by atoms with Crippen molar-refractivity contribution in [2.75, 3.05) is 13.7 Å². The summed E-state index contributed by atoms with van der Waals surface area (Å²) in [5.74, 6) is -1.98. The van der Waals surface area contributed by atoms with Crippen LogP contribution in [0, 0.1) is 0 Å². The second-order valence-corrected chi connectivity index (χ2v) is 4.43. The van der Waals surface area contributed by atoms with Crippen molar-refractivity contribution in [3.63, 3.8) is 0 Å². The first-order valence-electron chi connectivity index (χ1n) is 6.40. The van der Waals surface area contributed by atoms with Crippen molar-refractivity contribution in [3.05, 3.63) is 35.7 Å². The molecule has 0 radical (unpaired) electrons. The van der Waals surface area contributed by atoms with Crippen molar-refractivity contribution in [1.82, 2.24) is 15.2 Å². The Morgan fingerprint density at radius 1 is 1.35 bits per heavy atom. The van der Waals surface area contributed by atoms with Gasteiger partial charge < -0.3 is 10.3 Å². The van der Waals surface area contributed by atoms with Crippen LogP contribution in [0.4, 0.5) is 13.2 Å². The SMILES string of the molecule is CON(Cc1ccc(-c2noc(C(F)(F)F)n2)cc1)C(=O)CN. The summed E-state index contributed by atoms with van der Waals surface area (Å²) in [6, 6.07) is 6.24. The van der Waals surface area contributed by atoms with Crippen LogP contribution in [0.3, 0.4) is 0 Å². The molecule has 1 amide bonds. The maximum Gasteiger partial charge on any atom is 0.471 e. The molecule has 1 heterocycles. The monoisotopic (exact) mass is 330 g/mol. The number of nitrogens with two attached hydrogens (primary N) is 1. The Labute approximate surface area is 128 Å². The van der Waals surface area contributed by atoms with Gasteiger partial charge in [0.15, 0.2) is 0 Å². The van der Waals surface area contributed by atoms with E-state index in [0.29, 0.717) is 11.1 Å². The molecule has 23 heavy (non-hydrogen) atoms.